The van der Waals surface area contributed by atoms with Crippen LogP contribution in [-0.2, 0) is 21.9 Å². The predicted octanol–water partition coefficient (Wildman–Crippen LogP) is 3.15. The Hall–Kier alpha value is -1.13. The molecule has 0 aromatic carbocycles. The summed E-state index contributed by atoms with van der Waals surface area (Å²) in [5, 5.41) is 7.93. The Bertz CT molecular complexity index is 339. The van der Waals surface area contributed by atoms with Crippen molar-refractivity contribution in [2.45, 2.75) is 26.2 Å². The first-order valence-electron chi connectivity index (χ1n) is 3.89. The number of allylic oxidation sites excluding steroid dienone is 2. The van der Waals surface area contributed by atoms with E-state index in [1.165, 1.54) is 0 Å². The van der Waals surface area contributed by atoms with Crippen LogP contribution in [-0.4, -0.2) is 23.2 Å². The molecule has 109 valence electrons. The normalized spacial score (nSPS) is 11.2. The summed E-state index contributed by atoms with van der Waals surface area (Å²) in [6.45, 7) is 3.64. The fourth-order valence-corrected chi connectivity index (χ4v) is 0.288. The van der Waals surface area contributed by atoms with Crippen LogP contribution in [0.15, 0.2) is 11.8 Å². The van der Waals surface area contributed by atoms with E-state index in [2.05, 4.69) is 11.8 Å². The Labute approximate surface area is 110 Å². The fourth-order valence-electron chi connectivity index (χ4n) is 0.288. The van der Waals surface area contributed by atoms with Crippen LogP contribution in [0.25, 0.3) is 0 Å². The molecule has 0 aliphatic carbocycles. The zero-order valence-corrected chi connectivity index (χ0v) is 9.94. The maximum Gasteiger partial charge on any atom is 0.454 e. The van der Waals surface area contributed by atoms with Gasteiger partial charge in [0.1, 0.15) is 0 Å². The van der Waals surface area contributed by atoms with E-state index in [1.54, 1.807) is 0 Å². The quantitative estimate of drug-likeness (QED) is 0.264. The largest absolute Gasteiger partial charge is 0.504 e. The molecule has 0 amide bonds. The molecule has 0 saturated heterocycles. The molecule has 9 heteroatoms. The van der Waals surface area contributed by atoms with Crippen molar-refractivity contribution in [3.63, 3.8) is 0 Å². The summed E-state index contributed by atoms with van der Waals surface area (Å²) in [7, 11) is 0. The van der Waals surface area contributed by atoms with Crippen molar-refractivity contribution in [1.82, 2.24) is 0 Å². The number of aliphatic hydroxyl groups excluding tert-OH is 1. The third-order valence-electron chi connectivity index (χ3n) is 1.09. The molecule has 0 heterocycles. The van der Waals surface area contributed by atoms with Crippen LogP contribution in [0.2, 0.25) is 0 Å². The average Bonchev–Trinajstić information content (AvgIpc) is 2.15. The van der Waals surface area contributed by atoms with Gasteiger partial charge in [0, 0.05) is 23.1 Å². The van der Waals surface area contributed by atoms with Crippen LogP contribution in [0, 0.1) is 11.8 Å². The van der Waals surface area contributed by atoms with E-state index >= 15 is 0 Å². The zero-order valence-electron chi connectivity index (χ0n) is 9.00. The molecule has 1 N–H and O–H groups in total. The molecule has 0 aliphatic rings. The number of carbonyl (C=O) groups excluding carboxylic acids is 1. The second kappa shape index (κ2) is 8.89. The van der Waals surface area contributed by atoms with Crippen molar-refractivity contribution >= 4 is 5.78 Å². The van der Waals surface area contributed by atoms with Gasteiger partial charge in [0.15, 0.2) is 0 Å². The Morgan fingerprint density at radius 2 is 1.33 bits per heavy atom. The molecule has 0 bridgehead atoms. The average molecular weight is 326 g/mol. The van der Waals surface area contributed by atoms with Crippen molar-refractivity contribution in [1.29, 1.82) is 0 Å². The second-order valence-electron chi connectivity index (χ2n) is 2.39. The number of hydrogen-bond donors (Lipinski definition) is 1. The topological polar surface area (TPSA) is 37.3 Å². The molecule has 0 saturated carbocycles. The first kappa shape index (κ1) is 22.1. The van der Waals surface area contributed by atoms with Crippen molar-refractivity contribution in [2.24, 2.45) is 0 Å². The van der Waals surface area contributed by atoms with Gasteiger partial charge in [-0.1, -0.05) is 0 Å². The van der Waals surface area contributed by atoms with E-state index in [4.69, 9.17) is 5.11 Å². The molecule has 0 atom stereocenters. The number of halogens is 6. The molecule has 2 nitrogen and oxygen atoms in total. The summed E-state index contributed by atoms with van der Waals surface area (Å²) in [6.07, 6.45) is -11.7. The summed E-state index contributed by atoms with van der Waals surface area (Å²) in [5.74, 6) is 0.0251. The predicted molar refractivity (Wildman–Crippen MR) is 47.0 cm³/mol. The molecule has 0 aromatic heterocycles. The van der Waals surface area contributed by atoms with Gasteiger partial charge in [-0.05, 0) is 13.8 Å². The molecule has 0 aromatic rings. The van der Waals surface area contributed by atoms with Crippen LogP contribution in [0.1, 0.15) is 13.8 Å². The molecule has 0 spiro atoms. The summed E-state index contributed by atoms with van der Waals surface area (Å²) < 4.78 is 68.1. The van der Waals surface area contributed by atoms with E-state index in [9.17, 15) is 31.1 Å². The van der Waals surface area contributed by atoms with Crippen LogP contribution < -0.4 is 0 Å². The second-order valence-corrected chi connectivity index (χ2v) is 2.39. The van der Waals surface area contributed by atoms with Crippen molar-refractivity contribution in [3.05, 3.63) is 11.8 Å². The minimum atomic E-state index is -5.42. The van der Waals surface area contributed by atoms with Gasteiger partial charge in [-0.15, -0.1) is 11.8 Å². The molecule has 0 fully saturated rings. The number of rotatable bonds is 1. The van der Waals surface area contributed by atoms with Gasteiger partial charge >= 0.3 is 12.4 Å². The van der Waals surface area contributed by atoms with Crippen molar-refractivity contribution in [2.75, 3.05) is 0 Å². The van der Waals surface area contributed by atoms with Gasteiger partial charge in [0.2, 0.25) is 5.76 Å². The maximum absolute atomic E-state index is 11.4. The SMILES string of the molecule is CC#CC.O=C(/C=C(\O)C(F)(F)F)C(F)(F)F.[Cu]. The molecule has 18 heavy (non-hydrogen) atoms. The van der Waals surface area contributed by atoms with Crippen LogP contribution >= 0.6 is 0 Å². The Kier molecular flexibility index (Phi) is 10.9. The Morgan fingerprint density at radius 1 is 1.00 bits per heavy atom. The van der Waals surface area contributed by atoms with Crippen LogP contribution in [0.3, 0.4) is 0 Å². The van der Waals surface area contributed by atoms with Gasteiger partial charge in [0.25, 0.3) is 5.78 Å². The van der Waals surface area contributed by atoms with Crippen molar-refractivity contribution in [3.8, 4) is 11.8 Å². The smallest absolute Gasteiger partial charge is 0.454 e. The summed E-state index contributed by atoms with van der Waals surface area (Å²) in [5.41, 5.74) is 0. The molecule has 0 rings (SSSR count). The summed E-state index contributed by atoms with van der Waals surface area (Å²) in [4.78, 5) is 9.86. The van der Waals surface area contributed by atoms with E-state index < -0.39 is 30.0 Å². The minimum Gasteiger partial charge on any atom is -0.504 e. The number of ketones is 1. The summed E-state index contributed by atoms with van der Waals surface area (Å²) >= 11 is 0. The van der Waals surface area contributed by atoms with Crippen LogP contribution in [0.4, 0.5) is 26.3 Å². The number of hydrogen-bond acceptors (Lipinski definition) is 2. The zero-order chi connectivity index (χ0) is 14.3. The molecular weight excluding hydrogens is 318 g/mol. The first-order chi connectivity index (χ1) is 7.46. The third-order valence-corrected chi connectivity index (χ3v) is 1.09. The van der Waals surface area contributed by atoms with Gasteiger partial charge in [-0.25, -0.2) is 0 Å². The Balaban J connectivity index is -0.000000392. The maximum atomic E-state index is 11.4. The summed E-state index contributed by atoms with van der Waals surface area (Å²) in [6, 6.07) is 0. The number of alkyl halides is 6. The van der Waals surface area contributed by atoms with Crippen LogP contribution in [0.5, 0.6) is 0 Å². The van der Waals surface area contributed by atoms with Crippen molar-refractivity contribution < 1.29 is 53.3 Å². The molecule has 0 unspecified atom stereocenters. The monoisotopic (exact) mass is 325 g/mol. The molecule has 1 radical (unpaired) electrons. The Morgan fingerprint density at radius 3 is 1.50 bits per heavy atom. The third kappa shape index (κ3) is 11.4. The van der Waals surface area contributed by atoms with E-state index in [0.717, 1.165) is 0 Å². The van der Waals surface area contributed by atoms with E-state index in [-0.39, 0.29) is 17.1 Å². The van der Waals surface area contributed by atoms with E-state index in [1.807, 2.05) is 13.8 Å². The number of carbonyl (C=O) groups is 1. The van der Waals surface area contributed by atoms with Gasteiger partial charge in [-0.2, -0.15) is 26.3 Å². The fraction of sp³-hybridized carbons (Fsp3) is 0.444. The van der Waals surface area contributed by atoms with Gasteiger partial charge < -0.3 is 5.11 Å². The minimum absolute atomic E-state index is 0. The van der Waals surface area contributed by atoms with E-state index in [0.29, 0.717) is 0 Å². The van der Waals surface area contributed by atoms with Gasteiger partial charge in [0.05, 0.1) is 0 Å². The van der Waals surface area contributed by atoms with Gasteiger partial charge in [-0.3, -0.25) is 4.79 Å². The molecular formula is C9H8CuF6O2. The number of aliphatic hydroxyl groups is 1. The standard InChI is InChI=1S/C5H2F6O2.C4H6.Cu/c6-4(7,8)2(12)1-3(13)5(9,10)11;1-3-4-2;/h1,12H;1-2H3;/b2-1-;;. The first-order valence-corrected chi connectivity index (χ1v) is 3.89. The molecule has 0 aliphatic heterocycles.